The van der Waals surface area contributed by atoms with Crippen LogP contribution in [-0.2, 0) is 42.9 Å². The van der Waals surface area contributed by atoms with Gasteiger partial charge in [0.25, 0.3) is 5.91 Å². The molecule has 4 N–H and O–H groups in total. The fourth-order valence-electron chi connectivity index (χ4n) is 10.2. The van der Waals surface area contributed by atoms with Gasteiger partial charge in [0.2, 0.25) is 0 Å². The SMILES string of the molecule is CC(=O)O[C@H]1C(=O)[C@]2(C)[C@H]([C@H](OC(=O)c3ccccc3)[C@@]3(O)C[C@H](OC(=O)[C@H](O)[C@@H](NC(=O)c4ccccc4)c4ccccc4)C(C)=C1C3(C)C)[C@@]1(OC(C)=O)CO[C@@H]1C[C@@H]2O. The van der Waals surface area contributed by atoms with Gasteiger partial charge in [0.05, 0.1) is 35.6 Å². The molecule has 62 heavy (non-hydrogen) atoms. The summed E-state index contributed by atoms with van der Waals surface area (Å²) in [5.74, 6) is -6.84. The van der Waals surface area contributed by atoms with Gasteiger partial charge in [0, 0.05) is 37.7 Å². The maximum Gasteiger partial charge on any atom is 0.338 e. The van der Waals surface area contributed by atoms with Gasteiger partial charge < -0.3 is 44.3 Å². The maximum absolute atomic E-state index is 15.5. The van der Waals surface area contributed by atoms with Crippen LogP contribution in [0.2, 0.25) is 0 Å². The minimum Gasteiger partial charge on any atom is -0.456 e. The lowest BCUT2D eigenvalue weighted by Crippen LogP contribution is -2.82. The van der Waals surface area contributed by atoms with Gasteiger partial charge in [-0.3, -0.25) is 19.2 Å². The number of fused-ring (bicyclic) bond motifs is 5. The molecule has 11 atom stereocenters. The number of amides is 1. The number of aliphatic hydroxyl groups is 3. The maximum atomic E-state index is 15.5. The Kier molecular flexibility index (Phi) is 11.8. The molecule has 3 aliphatic carbocycles. The lowest BCUT2D eigenvalue weighted by atomic mass is 9.44. The topological polar surface area (TPSA) is 221 Å². The van der Waals surface area contributed by atoms with Crippen LogP contribution in [0.1, 0.15) is 86.7 Å². The van der Waals surface area contributed by atoms with Crippen molar-refractivity contribution in [1.82, 2.24) is 5.32 Å². The normalized spacial score (nSPS) is 31.9. The molecule has 15 nitrogen and oxygen atoms in total. The molecule has 4 aliphatic rings. The van der Waals surface area contributed by atoms with E-state index in [4.69, 9.17) is 23.7 Å². The number of hydrogen-bond donors (Lipinski definition) is 4. The largest absolute Gasteiger partial charge is 0.456 e. The van der Waals surface area contributed by atoms with Crippen LogP contribution < -0.4 is 5.32 Å². The monoisotopic (exact) mass is 853 g/mol. The van der Waals surface area contributed by atoms with Crippen LogP contribution in [0.25, 0.3) is 0 Å². The average Bonchev–Trinajstić information content (AvgIpc) is 3.24. The Morgan fingerprint density at radius 1 is 0.823 bits per heavy atom. The number of carbonyl (C=O) groups excluding carboxylic acids is 6. The van der Waals surface area contributed by atoms with Crippen LogP contribution in [0, 0.1) is 16.7 Å². The van der Waals surface area contributed by atoms with Crippen molar-refractivity contribution in [1.29, 1.82) is 0 Å². The summed E-state index contributed by atoms with van der Waals surface area (Å²) in [5, 5.41) is 40.2. The zero-order valence-corrected chi connectivity index (χ0v) is 35.2. The summed E-state index contributed by atoms with van der Waals surface area (Å²) in [7, 11) is 0. The molecule has 0 aromatic heterocycles. The molecule has 3 fully saturated rings. The number of carbonyl (C=O) groups is 6. The predicted molar refractivity (Wildman–Crippen MR) is 218 cm³/mol. The Labute approximate surface area is 358 Å². The third-order valence-corrected chi connectivity index (χ3v) is 13.5. The van der Waals surface area contributed by atoms with Crippen molar-refractivity contribution in [3.05, 3.63) is 119 Å². The molecule has 1 heterocycles. The Balaban J connectivity index is 1.39. The minimum absolute atomic E-state index is 0.00289. The number of ether oxygens (including phenoxy) is 5. The van der Waals surface area contributed by atoms with Crippen LogP contribution in [0.3, 0.4) is 0 Å². The molecule has 1 amide bonds. The summed E-state index contributed by atoms with van der Waals surface area (Å²) in [6, 6.07) is 22.9. The van der Waals surface area contributed by atoms with Crippen molar-refractivity contribution in [2.75, 3.05) is 6.61 Å². The van der Waals surface area contributed by atoms with Crippen molar-refractivity contribution < 1.29 is 67.8 Å². The van der Waals surface area contributed by atoms with Crippen molar-refractivity contribution >= 4 is 35.6 Å². The van der Waals surface area contributed by atoms with E-state index in [0.29, 0.717) is 5.56 Å². The Morgan fingerprint density at radius 3 is 1.95 bits per heavy atom. The number of ketones is 1. The third-order valence-electron chi connectivity index (χ3n) is 13.5. The van der Waals surface area contributed by atoms with Crippen LogP contribution in [0.4, 0.5) is 0 Å². The van der Waals surface area contributed by atoms with Crippen LogP contribution in [-0.4, -0.2) is 105 Å². The minimum atomic E-state index is -2.39. The second kappa shape index (κ2) is 16.5. The molecule has 15 heteroatoms. The summed E-state index contributed by atoms with van der Waals surface area (Å²) >= 11 is 0. The molecule has 3 aromatic rings. The summed E-state index contributed by atoms with van der Waals surface area (Å²) in [5.41, 5.74) is -7.02. The van der Waals surface area contributed by atoms with E-state index in [1.807, 2.05) is 0 Å². The molecule has 2 bridgehead atoms. The van der Waals surface area contributed by atoms with Crippen LogP contribution in [0.15, 0.2) is 102 Å². The molecular weight excluding hydrogens is 803 g/mol. The van der Waals surface area contributed by atoms with E-state index >= 15 is 4.79 Å². The highest BCUT2D eigenvalue weighted by Gasteiger charge is 2.78. The van der Waals surface area contributed by atoms with Crippen LogP contribution in [0.5, 0.6) is 0 Å². The molecule has 0 spiro atoms. The first-order valence-corrected chi connectivity index (χ1v) is 20.5. The fraction of sp³-hybridized carbons (Fsp3) is 0.447. The van der Waals surface area contributed by atoms with E-state index in [9.17, 15) is 39.3 Å². The summed E-state index contributed by atoms with van der Waals surface area (Å²) in [6.07, 6.45) is -10.5. The van der Waals surface area contributed by atoms with Crippen molar-refractivity contribution in [2.24, 2.45) is 16.7 Å². The number of benzene rings is 3. The molecular formula is C47H51NO14. The van der Waals surface area contributed by atoms with E-state index in [-0.39, 0.29) is 35.3 Å². The lowest BCUT2D eigenvalue weighted by Gasteiger charge is -2.67. The van der Waals surface area contributed by atoms with Gasteiger partial charge >= 0.3 is 23.9 Å². The van der Waals surface area contributed by atoms with Gasteiger partial charge in [0.1, 0.15) is 23.9 Å². The van der Waals surface area contributed by atoms with Gasteiger partial charge in [-0.2, -0.15) is 0 Å². The number of aliphatic hydroxyl groups excluding tert-OH is 2. The first-order valence-electron chi connectivity index (χ1n) is 20.5. The number of hydrogen-bond acceptors (Lipinski definition) is 14. The molecule has 2 saturated carbocycles. The van der Waals surface area contributed by atoms with E-state index in [2.05, 4.69) is 5.32 Å². The first-order chi connectivity index (χ1) is 29.3. The quantitative estimate of drug-likeness (QED) is 0.130. The Bertz CT molecular complexity index is 2280. The van der Waals surface area contributed by atoms with Gasteiger partial charge in [-0.25, -0.2) is 9.59 Å². The Hall–Kier alpha value is -5.74. The molecule has 7 rings (SSSR count). The zero-order valence-electron chi connectivity index (χ0n) is 35.2. The van der Waals surface area contributed by atoms with Gasteiger partial charge in [-0.1, -0.05) is 80.6 Å². The second-order valence-electron chi connectivity index (χ2n) is 17.4. The molecule has 328 valence electrons. The van der Waals surface area contributed by atoms with Crippen molar-refractivity contribution in [3.8, 4) is 0 Å². The first kappa shape index (κ1) is 44.3. The number of rotatable bonds is 10. The third kappa shape index (κ3) is 7.29. The molecule has 1 aliphatic heterocycles. The molecule has 3 aromatic carbocycles. The lowest BCUT2D eigenvalue weighted by molar-refractivity contribution is -0.346. The summed E-state index contributed by atoms with van der Waals surface area (Å²) < 4.78 is 30.3. The highest BCUT2D eigenvalue weighted by molar-refractivity contribution is 5.96. The summed E-state index contributed by atoms with van der Waals surface area (Å²) in [4.78, 5) is 83.5. The Morgan fingerprint density at radius 2 is 1.40 bits per heavy atom. The zero-order chi connectivity index (χ0) is 44.9. The van der Waals surface area contributed by atoms with E-state index in [1.54, 1.807) is 92.7 Å². The average molecular weight is 854 g/mol. The molecule has 0 radical (unpaired) electrons. The van der Waals surface area contributed by atoms with E-state index < -0.39 is 113 Å². The molecule has 0 unspecified atom stereocenters. The van der Waals surface area contributed by atoms with Crippen LogP contribution >= 0.6 is 0 Å². The smallest absolute Gasteiger partial charge is 0.338 e. The highest BCUT2D eigenvalue weighted by Crippen LogP contribution is 2.64. The highest BCUT2D eigenvalue weighted by atomic mass is 16.6. The molecule has 1 saturated heterocycles. The predicted octanol–water partition coefficient (Wildman–Crippen LogP) is 3.74. The standard InChI is InChI=1S/C47H51NO14/c1-25-31(60-43(56)36(52)35(28-16-10-7-11-17-28)48-41(54)29-18-12-8-13-19-29)23-47(57)40(61-42(55)30-20-14-9-15-21-30)38-45(6,32(51)22-33-46(38,24-58-33)62-27(3)50)39(53)37(59-26(2)49)34(25)44(47,4)5/h7-21,31-33,35-38,40,51-52,57H,22-24H2,1-6H3,(H,48,54)/t31-,32-,33+,35-,36+,37+,38-,40-,45-,46+,47-/m0/s1. The second-order valence-corrected chi connectivity index (χ2v) is 17.4. The van der Waals surface area contributed by atoms with E-state index in [1.165, 1.54) is 26.0 Å². The van der Waals surface area contributed by atoms with Gasteiger partial charge in [0.15, 0.2) is 23.6 Å². The van der Waals surface area contributed by atoms with Gasteiger partial charge in [-0.05, 0) is 54.8 Å². The van der Waals surface area contributed by atoms with E-state index in [0.717, 1.165) is 13.8 Å². The number of esters is 4. The van der Waals surface area contributed by atoms with Crippen molar-refractivity contribution in [2.45, 2.75) is 108 Å². The fourth-order valence-corrected chi connectivity index (χ4v) is 10.2. The van der Waals surface area contributed by atoms with Crippen molar-refractivity contribution in [3.63, 3.8) is 0 Å². The summed E-state index contributed by atoms with van der Waals surface area (Å²) in [6.45, 7) is 7.97. The van der Waals surface area contributed by atoms with Gasteiger partial charge in [-0.15, -0.1) is 0 Å². The number of nitrogens with one attached hydrogen (secondary N) is 1. The number of Topliss-reactive ketones (excluding diaryl/α,β-unsaturated/α-hetero) is 1.